The van der Waals surface area contributed by atoms with Crippen LogP contribution >= 0.6 is 25.3 Å². The molecule has 0 unspecified atom stereocenters. The van der Waals surface area contributed by atoms with Gasteiger partial charge in [0.15, 0.2) is 0 Å². The smallest absolute Gasteiger partial charge is 0.327 e. The highest BCUT2D eigenvalue weighted by atomic mass is 32.1. The van der Waals surface area contributed by atoms with Crippen molar-refractivity contribution in [2.24, 2.45) is 5.73 Å². The van der Waals surface area contributed by atoms with Gasteiger partial charge in [0.2, 0.25) is 11.8 Å². The van der Waals surface area contributed by atoms with E-state index in [9.17, 15) is 19.5 Å². The lowest BCUT2D eigenvalue weighted by Crippen LogP contribution is -2.55. The van der Waals surface area contributed by atoms with Gasteiger partial charge >= 0.3 is 5.97 Å². The number of benzene rings is 1. The Morgan fingerprint density at radius 3 is 2.04 bits per heavy atom. The van der Waals surface area contributed by atoms with Crippen molar-refractivity contribution in [1.29, 1.82) is 0 Å². The van der Waals surface area contributed by atoms with Gasteiger partial charge in [0.25, 0.3) is 0 Å². The highest BCUT2D eigenvalue weighted by molar-refractivity contribution is 7.80. The molecule has 10 heteroatoms. The van der Waals surface area contributed by atoms with E-state index in [1.54, 1.807) is 12.1 Å². The Morgan fingerprint density at radius 2 is 1.56 bits per heavy atom. The van der Waals surface area contributed by atoms with Crippen molar-refractivity contribution in [2.75, 3.05) is 11.5 Å². The third kappa shape index (κ3) is 6.85. The van der Waals surface area contributed by atoms with Crippen LogP contribution in [-0.2, 0) is 20.8 Å². The highest BCUT2D eigenvalue weighted by Crippen LogP contribution is 2.11. The fraction of sp³-hybridized carbons (Fsp3) is 0.400. The molecule has 0 spiro atoms. The summed E-state index contributed by atoms with van der Waals surface area (Å²) >= 11 is 7.82. The molecule has 3 atom stereocenters. The standard InChI is InChI=1S/C15H21N3O5S2/c16-10(6-24)13(20)17-11(5-8-1-3-9(19)4-2-8)14(21)18-12(7-25)15(22)23/h1-4,10-12,19,24-25H,5-7,16H2,(H,17,20)(H,18,21)(H,22,23)/t10-,11-,12-/m0/s1. The largest absolute Gasteiger partial charge is 0.508 e. The van der Waals surface area contributed by atoms with E-state index in [-0.39, 0.29) is 23.7 Å². The molecule has 2 amide bonds. The normalized spacial score (nSPS) is 14.2. The van der Waals surface area contributed by atoms with Crippen molar-refractivity contribution in [3.8, 4) is 5.75 Å². The van der Waals surface area contributed by atoms with E-state index in [0.717, 1.165) is 0 Å². The van der Waals surface area contributed by atoms with Crippen molar-refractivity contribution in [1.82, 2.24) is 10.6 Å². The molecule has 138 valence electrons. The summed E-state index contributed by atoms with van der Waals surface area (Å²) in [5, 5.41) is 23.2. The number of nitrogens with two attached hydrogens (primary N) is 1. The SMILES string of the molecule is N[C@@H](CS)C(=O)N[C@@H](Cc1ccc(O)cc1)C(=O)N[C@@H](CS)C(=O)O. The Morgan fingerprint density at radius 1 is 1.00 bits per heavy atom. The van der Waals surface area contributed by atoms with Crippen LogP contribution in [0.25, 0.3) is 0 Å². The number of carboxylic acid groups (broad SMARTS) is 1. The molecule has 1 rings (SSSR count). The van der Waals surface area contributed by atoms with Crippen molar-refractivity contribution < 1.29 is 24.6 Å². The van der Waals surface area contributed by atoms with Crippen LogP contribution in [0.3, 0.4) is 0 Å². The van der Waals surface area contributed by atoms with Crippen LogP contribution in [-0.4, -0.2) is 57.6 Å². The molecule has 0 heterocycles. The van der Waals surface area contributed by atoms with Crippen LogP contribution < -0.4 is 16.4 Å². The minimum Gasteiger partial charge on any atom is -0.508 e. The molecular weight excluding hydrogens is 366 g/mol. The Hall–Kier alpha value is -1.91. The Bertz CT molecular complexity index is 612. The molecule has 0 saturated heterocycles. The number of thiol groups is 2. The third-order valence-corrected chi connectivity index (χ3v) is 4.10. The van der Waals surface area contributed by atoms with E-state index < -0.39 is 35.9 Å². The van der Waals surface area contributed by atoms with E-state index in [1.807, 2.05) is 0 Å². The predicted octanol–water partition coefficient (Wildman–Crippen LogP) is -0.824. The van der Waals surface area contributed by atoms with Crippen molar-refractivity contribution in [3.05, 3.63) is 29.8 Å². The number of phenols is 1. The fourth-order valence-electron chi connectivity index (χ4n) is 1.90. The topological polar surface area (TPSA) is 142 Å². The molecule has 0 fully saturated rings. The lowest BCUT2D eigenvalue weighted by Gasteiger charge is -2.22. The molecule has 0 radical (unpaired) electrons. The summed E-state index contributed by atoms with van der Waals surface area (Å²) in [4.78, 5) is 35.4. The minimum atomic E-state index is -1.23. The van der Waals surface area contributed by atoms with Crippen molar-refractivity contribution >= 4 is 43.0 Å². The maximum absolute atomic E-state index is 12.4. The summed E-state index contributed by atoms with van der Waals surface area (Å²) in [6.45, 7) is 0. The lowest BCUT2D eigenvalue weighted by molar-refractivity contribution is -0.141. The number of aliphatic carboxylic acids is 1. The zero-order chi connectivity index (χ0) is 19.0. The first-order valence-electron chi connectivity index (χ1n) is 7.37. The monoisotopic (exact) mass is 387 g/mol. The lowest BCUT2D eigenvalue weighted by atomic mass is 10.0. The third-order valence-electron chi connectivity index (χ3n) is 3.34. The van der Waals surface area contributed by atoms with Gasteiger partial charge in [-0.15, -0.1) is 0 Å². The molecule has 1 aromatic carbocycles. The number of carbonyl (C=O) groups excluding carboxylic acids is 2. The van der Waals surface area contributed by atoms with E-state index in [0.29, 0.717) is 5.56 Å². The van der Waals surface area contributed by atoms with Crippen LogP contribution in [0.2, 0.25) is 0 Å². The van der Waals surface area contributed by atoms with Crippen LogP contribution in [0.4, 0.5) is 0 Å². The quantitative estimate of drug-likeness (QED) is 0.276. The number of amides is 2. The molecule has 0 aliphatic heterocycles. The second-order valence-corrected chi connectivity index (χ2v) is 6.03. The Labute approximate surface area is 156 Å². The van der Waals surface area contributed by atoms with Crippen LogP contribution in [0.1, 0.15) is 5.56 Å². The zero-order valence-corrected chi connectivity index (χ0v) is 15.0. The van der Waals surface area contributed by atoms with Crippen LogP contribution in [0.5, 0.6) is 5.75 Å². The van der Waals surface area contributed by atoms with Crippen LogP contribution in [0, 0.1) is 0 Å². The number of nitrogens with one attached hydrogen (secondary N) is 2. The second kappa shape index (κ2) is 10.2. The zero-order valence-electron chi connectivity index (χ0n) is 13.3. The molecule has 0 aliphatic carbocycles. The number of hydrogen-bond acceptors (Lipinski definition) is 7. The summed E-state index contributed by atoms with van der Waals surface area (Å²) in [5.74, 6) is -2.43. The summed E-state index contributed by atoms with van der Waals surface area (Å²) in [7, 11) is 0. The molecule has 0 saturated carbocycles. The first-order chi connectivity index (χ1) is 11.8. The average Bonchev–Trinajstić information content (AvgIpc) is 2.59. The van der Waals surface area contributed by atoms with Gasteiger partial charge in [-0.3, -0.25) is 9.59 Å². The number of carboxylic acids is 1. The molecule has 0 aliphatic rings. The molecule has 25 heavy (non-hydrogen) atoms. The molecule has 6 N–H and O–H groups in total. The summed E-state index contributed by atoms with van der Waals surface area (Å²) in [6, 6.07) is 2.94. The van der Waals surface area contributed by atoms with Gasteiger partial charge in [0.1, 0.15) is 17.8 Å². The van der Waals surface area contributed by atoms with Gasteiger partial charge in [0.05, 0.1) is 6.04 Å². The first kappa shape index (κ1) is 21.1. The van der Waals surface area contributed by atoms with E-state index in [2.05, 4.69) is 35.9 Å². The highest BCUT2D eigenvalue weighted by Gasteiger charge is 2.27. The Balaban J connectivity index is 2.92. The minimum absolute atomic E-state index is 0.0619. The summed E-state index contributed by atoms with van der Waals surface area (Å²) in [6.07, 6.45) is 0.0933. The number of rotatable bonds is 9. The average molecular weight is 387 g/mol. The van der Waals surface area contributed by atoms with Gasteiger partial charge in [-0.05, 0) is 17.7 Å². The van der Waals surface area contributed by atoms with E-state index in [4.69, 9.17) is 10.8 Å². The number of aromatic hydroxyl groups is 1. The Kier molecular flexibility index (Phi) is 8.59. The molecule has 0 bridgehead atoms. The summed E-state index contributed by atoms with van der Waals surface area (Å²) in [5.41, 5.74) is 6.26. The maximum atomic E-state index is 12.4. The number of phenolic OH excluding ortho intramolecular Hbond substituents is 1. The van der Waals surface area contributed by atoms with Crippen LogP contribution in [0.15, 0.2) is 24.3 Å². The number of carbonyl (C=O) groups is 3. The predicted molar refractivity (Wildman–Crippen MR) is 99.0 cm³/mol. The summed E-state index contributed by atoms with van der Waals surface area (Å²) < 4.78 is 0. The molecular formula is C15H21N3O5S2. The molecule has 8 nitrogen and oxygen atoms in total. The van der Waals surface area contributed by atoms with Crippen molar-refractivity contribution in [2.45, 2.75) is 24.5 Å². The maximum Gasteiger partial charge on any atom is 0.327 e. The van der Waals surface area contributed by atoms with Gasteiger partial charge in [-0.25, -0.2) is 4.79 Å². The second-order valence-electron chi connectivity index (χ2n) is 5.30. The van der Waals surface area contributed by atoms with Gasteiger partial charge in [-0.1, -0.05) is 12.1 Å². The first-order valence-corrected chi connectivity index (χ1v) is 8.63. The van der Waals surface area contributed by atoms with E-state index >= 15 is 0 Å². The van der Waals surface area contributed by atoms with Gasteiger partial charge in [0, 0.05) is 17.9 Å². The van der Waals surface area contributed by atoms with Gasteiger partial charge in [-0.2, -0.15) is 25.3 Å². The number of hydrogen-bond donors (Lipinski definition) is 7. The van der Waals surface area contributed by atoms with Gasteiger partial charge < -0.3 is 26.6 Å². The molecule has 1 aromatic rings. The van der Waals surface area contributed by atoms with Crippen molar-refractivity contribution in [3.63, 3.8) is 0 Å². The fourth-order valence-corrected chi connectivity index (χ4v) is 2.31. The molecule has 0 aromatic heterocycles. The van der Waals surface area contributed by atoms with E-state index in [1.165, 1.54) is 12.1 Å².